The Morgan fingerprint density at radius 3 is 2.05 bits per heavy atom. The molecule has 0 aromatic heterocycles. The number of nitrogens with one attached hydrogen (secondary N) is 1. The van der Waals surface area contributed by atoms with Crippen LogP contribution >= 0.6 is 0 Å². The topological polar surface area (TPSA) is 49.4 Å². The van der Waals surface area contributed by atoms with Crippen molar-refractivity contribution in [2.24, 2.45) is 5.92 Å². The van der Waals surface area contributed by atoms with Crippen LogP contribution in [0.5, 0.6) is 0 Å². The van der Waals surface area contributed by atoms with E-state index in [-0.39, 0.29) is 0 Å². The van der Waals surface area contributed by atoms with Crippen LogP contribution < -0.4 is 5.32 Å². The van der Waals surface area contributed by atoms with Crippen LogP contribution in [0.3, 0.4) is 0 Å². The zero-order valence-corrected chi connectivity index (χ0v) is 15.2. The Morgan fingerprint density at radius 1 is 1.09 bits per heavy atom. The van der Waals surface area contributed by atoms with Crippen LogP contribution in [-0.2, 0) is 10.0 Å². The van der Waals surface area contributed by atoms with Crippen molar-refractivity contribution in [1.82, 2.24) is 9.62 Å². The number of sulfonamides is 1. The normalized spacial score (nSPS) is 17.9. The largest absolute Gasteiger partial charge is 0.319 e. The average Bonchev–Trinajstić information content (AvgIpc) is 2.46. The van der Waals surface area contributed by atoms with Crippen molar-refractivity contribution in [1.29, 1.82) is 0 Å². The van der Waals surface area contributed by atoms with Crippen molar-refractivity contribution in [3.63, 3.8) is 0 Å². The predicted octanol–water partition coefficient (Wildman–Crippen LogP) is 2.54. The molecule has 0 aliphatic carbocycles. The summed E-state index contributed by atoms with van der Waals surface area (Å²) in [5.41, 5.74) is 3.87. The quantitative estimate of drug-likeness (QED) is 0.926. The van der Waals surface area contributed by atoms with E-state index in [1.54, 1.807) is 4.31 Å². The van der Waals surface area contributed by atoms with Crippen LogP contribution in [0.25, 0.3) is 0 Å². The average molecular weight is 324 g/mol. The van der Waals surface area contributed by atoms with Crippen LogP contribution in [0.2, 0.25) is 0 Å². The van der Waals surface area contributed by atoms with Crippen LogP contribution in [0.1, 0.15) is 35.1 Å². The summed E-state index contributed by atoms with van der Waals surface area (Å²) in [6.07, 6.45) is 1.87. The molecule has 1 heterocycles. The molecule has 0 bridgehead atoms. The number of hydrogen-bond donors (Lipinski definition) is 1. The van der Waals surface area contributed by atoms with Gasteiger partial charge in [0, 0.05) is 13.1 Å². The fraction of sp³-hybridized carbons (Fsp3) is 0.647. The van der Waals surface area contributed by atoms with Crippen molar-refractivity contribution in [2.45, 2.75) is 45.4 Å². The predicted molar refractivity (Wildman–Crippen MR) is 90.8 cm³/mol. The fourth-order valence-electron chi connectivity index (χ4n) is 3.34. The van der Waals surface area contributed by atoms with Gasteiger partial charge in [-0.25, -0.2) is 8.42 Å². The van der Waals surface area contributed by atoms with Gasteiger partial charge in [0.15, 0.2) is 0 Å². The minimum absolute atomic E-state index is 0.525. The van der Waals surface area contributed by atoms with Crippen LogP contribution in [0.4, 0.5) is 0 Å². The Balaban J connectivity index is 2.33. The standard InChI is InChI=1S/C17H28N2O2S/c1-12-10-13(2)15(4)17(14(12)3)22(20,21)19-8-6-16(7-9-19)11-18-5/h10,16,18H,6-9,11H2,1-5H3. The Kier molecular flexibility index (Phi) is 5.30. The van der Waals surface area contributed by atoms with Crippen molar-refractivity contribution in [3.05, 3.63) is 28.3 Å². The second-order valence-corrected chi connectivity index (χ2v) is 8.37. The molecule has 0 spiro atoms. The third kappa shape index (κ3) is 3.21. The lowest BCUT2D eigenvalue weighted by Gasteiger charge is -2.32. The SMILES string of the molecule is CNCC1CCN(S(=O)(=O)c2c(C)c(C)cc(C)c2C)CC1. The number of piperidine rings is 1. The van der Waals surface area contributed by atoms with E-state index < -0.39 is 10.0 Å². The summed E-state index contributed by atoms with van der Waals surface area (Å²) >= 11 is 0. The Bertz CT molecular complexity index is 619. The lowest BCUT2D eigenvalue weighted by Crippen LogP contribution is -2.40. The molecule has 2 rings (SSSR count). The summed E-state index contributed by atoms with van der Waals surface area (Å²) < 4.78 is 27.9. The number of nitrogens with zero attached hydrogens (tertiary/aromatic N) is 1. The fourth-order valence-corrected chi connectivity index (χ4v) is 5.38. The van der Waals surface area contributed by atoms with Gasteiger partial charge in [-0.1, -0.05) is 6.07 Å². The highest BCUT2D eigenvalue weighted by Gasteiger charge is 2.32. The molecule has 0 atom stereocenters. The van der Waals surface area contributed by atoms with Gasteiger partial charge in [0.25, 0.3) is 0 Å². The lowest BCUT2D eigenvalue weighted by molar-refractivity contribution is 0.270. The van der Waals surface area contributed by atoms with Crippen molar-refractivity contribution in [2.75, 3.05) is 26.7 Å². The summed E-state index contributed by atoms with van der Waals surface area (Å²) in [5.74, 6) is 0.581. The first-order valence-corrected chi connectivity index (χ1v) is 9.45. The Hall–Kier alpha value is -0.910. The van der Waals surface area contributed by atoms with Gasteiger partial charge in [-0.15, -0.1) is 0 Å². The van der Waals surface area contributed by atoms with E-state index in [2.05, 4.69) is 11.4 Å². The summed E-state index contributed by atoms with van der Waals surface area (Å²) in [7, 11) is -1.44. The molecule has 22 heavy (non-hydrogen) atoms. The molecule has 1 fully saturated rings. The monoisotopic (exact) mass is 324 g/mol. The second kappa shape index (κ2) is 6.69. The van der Waals surface area contributed by atoms with Gasteiger partial charge < -0.3 is 5.32 Å². The molecule has 5 heteroatoms. The van der Waals surface area contributed by atoms with E-state index in [1.807, 2.05) is 34.7 Å². The summed E-state index contributed by atoms with van der Waals surface area (Å²) in [6, 6.07) is 2.07. The van der Waals surface area contributed by atoms with Gasteiger partial charge in [0.1, 0.15) is 0 Å². The van der Waals surface area contributed by atoms with Gasteiger partial charge in [0.2, 0.25) is 10.0 Å². The second-order valence-electron chi connectivity index (χ2n) is 6.49. The van der Waals surface area contributed by atoms with Gasteiger partial charge in [-0.2, -0.15) is 4.31 Å². The zero-order valence-electron chi connectivity index (χ0n) is 14.4. The highest BCUT2D eigenvalue weighted by Crippen LogP contribution is 2.30. The number of rotatable bonds is 4. The molecular formula is C17H28N2O2S. The first kappa shape index (κ1) is 17.4. The summed E-state index contributed by atoms with van der Waals surface area (Å²) in [4.78, 5) is 0.525. The molecule has 1 aliphatic rings. The molecule has 1 N–H and O–H groups in total. The highest BCUT2D eigenvalue weighted by molar-refractivity contribution is 7.89. The van der Waals surface area contributed by atoms with Crippen LogP contribution in [0.15, 0.2) is 11.0 Å². The number of hydrogen-bond acceptors (Lipinski definition) is 3. The Morgan fingerprint density at radius 2 is 1.59 bits per heavy atom. The molecular weight excluding hydrogens is 296 g/mol. The minimum atomic E-state index is -3.39. The molecule has 1 aromatic rings. The zero-order chi connectivity index (χ0) is 16.5. The minimum Gasteiger partial charge on any atom is -0.319 e. The van der Waals surface area contributed by atoms with Gasteiger partial charge in [-0.05, 0) is 82.3 Å². The smallest absolute Gasteiger partial charge is 0.243 e. The molecule has 0 amide bonds. The first-order valence-electron chi connectivity index (χ1n) is 8.01. The third-order valence-electron chi connectivity index (χ3n) is 4.96. The maximum atomic E-state index is 13.1. The van der Waals surface area contributed by atoms with Gasteiger partial charge in [-0.3, -0.25) is 0 Å². The van der Waals surface area contributed by atoms with Gasteiger partial charge >= 0.3 is 0 Å². The van der Waals surface area contributed by atoms with Crippen LogP contribution in [-0.4, -0.2) is 39.4 Å². The molecule has 0 unspecified atom stereocenters. The molecule has 124 valence electrons. The third-order valence-corrected chi connectivity index (χ3v) is 7.13. The van der Waals surface area contributed by atoms with E-state index in [9.17, 15) is 8.42 Å². The molecule has 0 radical (unpaired) electrons. The summed E-state index contributed by atoms with van der Waals surface area (Å²) in [6.45, 7) is 10.0. The van der Waals surface area contributed by atoms with Crippen molar-refractivity contribution < 1.29 is 8.42 Å². The van der Waals surface area contributed by atoms with Gasteiger partial charge in [0.05, 0.1) is 4.90 Å². The van der Waals surface area contributed by atoms with Crippen LogP contribution in [0, 0.1) is 33.6 Å². The van der Waals surface area contributed by atoms with Crippen molar-refractivity contribution >= 4 is 10.0 Å². The van der Waals surface area contributed by atoms with E-state index >= 15 is 0 Å². The molecule has 1 aromatic carbocycles. The van der Waals surface area contributed by atoms with E-state index in [1.165, 1.54) is 0 Å². The number of benzene rings is 1. The summed E-state index contributed by atoms with van der Waals surface area (Å²) in [5, 5.41) is 3.19. The highest BCUT2D eigenvalue weighted by atomic mass is 32.2. The van der Waals surface area contributed by atoms with E-state index in [4.69, 9.17) is 0 Å². The maximum absolute atomic E-state index is 13.1. The Labute approximate surface area is 135 Å². The van der Waals surface area contributed by atoms with E-state index in [0.29, 0.717) is 23.9 Å². The molecule has 4 nitrogen and oxygen atoms in total. The molecule has 0 saturated carbocycles. The molecule has 1 saturated heterocycles. The molecule has 1 aliphatic heterocycles. The number of aryl methyl sites for hydroxylation is 2. The lowest BCUT2D eigenvalue weighted by atomic mass is 9.98. The van der Waals surface area contributed by atoms with Crippen molar-refractivity contribution in [3.8, 4) is 0 Å². The maximum Gasteiger partial charge on any atom is 0.243 e. The first-order chi connectivity index (χ1) is 10.3. The van der Waals surface area contributed by atoms with E-state index in [0.717, 1.165) is 41.6 Å².